The molecular formula is C9H14N8. The molecule has 0 aliphatic rings. The molecule has 2 rings (SSSR count). The number of aromatic nitrogens is 6. The van der Waals surface area contributed by atoms with Crippen LogP contribution >= 0.6 is 0 Å². The van der Waals surface area contributed by atoms with Crippen molar-refractivity contribution in [3.8, 4) is 5.95 Å². The van der Waals surface area contributed by atoms with Gasteiger partial charge in [0, 0.05) is 20.6 Å². The summed E-state index contributed by atoms with van der Waals surface area (Å²) in [5.41, 5.74) is 0. The number of hydrogen-bond acceptors (Lipinski definition) is 7. The van der Waals surface area contributed by atoms with E-state index in [1.54, 1.807) is 13.4 Å². The molecule has 2 heterocycles. The van der Waals surface area contributed by atoms with Crippen LogP contribution in [0.25, 0.3) is 5.95 Å². The van der Waals surface area contributed by atoms with Crippen LogP contribution in [0.2, 0.25) is 0 Å². The summed E-state index contributed by atoms with van der Waals surface area (Å²) >= 11 is 0. The molecule has 0 spiro atoms. The Kier molecular flexibility index (Phi) is 3.12. The maximum absolute atomic E-state index is 4.32. The second kappa shape index (κ2) is 4.73. The Morgan fingerprint density at radius 2 is 2.18 bits per heavy atom. The van der Waals surface area contributed by atoms with Gasteiger partial charge in [0.25, 0.3) is 5.95 Å². The molecule has 0 bridgehead atoms. The lowest BCUT2D eigenvalue weighted by atomic mass is 10.6. The molecule has 0 aliphatic carbocycles. The number of anilines is 2. The molecule has 0 aromatic carbocycles. The first kappa shape index (κ1) is 11.2. The third-order valence-corrected chi connectivity index (χ3v) is 2.27. The topological polar surface area (TPSA) is 84.7 Å². The van der Waals surface area contributed by atoms with Crippen molar-refractivity contribution in [2.24, 2.45) is 0 Å². The molecule has 0 radical (unpaired) electrons. The van der Waals surface area contributed by atoms with E-state index >= 15 is 0 Å². The summed E-state index contributed by atoms with van der Waals surface area (Å²) in [5.74, 6) is 1.54. The van der Waals surface area contributed by atoms with Crippen LogP contribution in [0.3, 0.4) is 0 Å². The van der Waals surface area contributed by atoms with Gasteiger partial charge in [-0.05, 0) is 6.92 Å². The predicted octanol–water partition coefficient (Wildman–Crippen LogP) is -0.0499. The number of hydrogen-bond donors (Lipinski definition) is 1. The van der Waals surface area contributed by atoms with Crippen LogP contribution in [0, 0.1) is 0 Å². The molecule has 0 saturated carbocycles. The summed E-state index contributed by atoms with van der Waals surface area (Å²) in [7, 11) is 3.68. The molecule has 0 unspecified atom stereocenters. The first-order valence-electron chi connectivity index (χ1n) is 5.24. The van der Waals surface area contributed by atoms with Gasteiger partial charge in [0.2, 0.25) is 11.9 Å². The summed E-state index contributed by atoms with van der Waals surface area (Å²) in [4.78, 5) is 18.6. The maximum Gasteiger partial charge on any atom is 0.258 e. The van der Waals surface area contributed by atoms with E-state index in [9.17, 15) is 0 Å². The monoisotopic (exact) mass is 234 g/mol. The molecular weight excluding hydrogens is 220 g/mol. The highest BCUT2D eigenvalue weighted by molar-refractivity contribution is 5.38. The minimum Gasteiger partial charge on any atom is -0.357 e. The van der Waals surface area contributed by atoms with Crippen molar-refractivity contribution in [1.29, 1.82) is 0 Å². The summed E-state index contributed by atoms with van der Waals surface area (Å²) in [5, 5.41) is 6.89. The third-order valence-electron chi connectivity index (χ3n) is 2.27. The molecule has 8 nitrogen and oxygen atoms in total. The van der Waals surface area contributed by atoms with Gasteiger partial charge in [0.1, 0.15) is 12.7 Å². The normalized spacial score (nSPS) is 10.3. The Morgan fingerprint density at radius 3 is 2.76 bits per heavy atom. The Morgan fingerprint density at radius 1 is 1.35 bits per heavy atom. The average molecular weight is 234 g/mol. The van der Waals surface area contributed by atoms with Gasteiger partial charge in [0.15, 0.2) is 0 Å². The van der Waals surface area contributed by atoms with Gasteiger partial charge >= 0.3 is 0 Å². The second-order valence-electron chi connectivity index (χ2n) is 3.36. The van der Waals surface area contributed by atoms with E-state index in [-0.39, 0.29) is 0 Å². The molecule has 8 heteroatoms. The van der Waals surface area contributed by atoms with Crippen LogP contribution in [-0.2, 0) is 0 Å². The Bertz CT molecular complexity index is 480. The van der Waals surface area contributed by atoms with Crippen LogP contribution in [-0.4, -0.2) is 50.4 Å². The van der Waals surface area contributed by atoms with Gasteiger partial charge in [0.05, 0.1) is 0 Å². The van der Waals surface area contributed by atoms with E-state index in [2.05, 4.69) is 30.4 Å². The van der Waals surface area contributed by atoms with E-state index < -0.39 is 0 Å². The van der Waals surface area contributed by atoms with Crippen molar-refractivity contribution in [1.82, 2.24) is 29.7 Å². The van der Waals surface area contributed by atoms with E-state index in [0.717, 1.165) is 6.54 Å². The fourth-order valence-electron chi connectivity index (χ4n) is 1.19. The summed E-state index contributed by atoms with van der Waals surface area (Å²) in [6.45, 7) is 2.84. The fourth-order valence-corrected chi connectivity index (χ4v) is 1.19. The van der Waals surface area contributed by atoms with Crippen LogP contribution in [0.4, 0.5) is 11.9 Å². The standard InChI is InChI=1S/C9H14N8/c1-4-16(3)8-13-7(10-2)14-9(15-8)17-6-11-5-12-17/h5-6H,4H2,1-3H3,(H,10,13,14,15). The summed E-state index contributed by atoms with van der Waals surface area (Å²) in [6, 6.07) is 0. The van der Waals surface area contributed by atoms with Crippen molar-refractivity contribution >= 4 is 11.9 Å². The molecule has 0 fully saturated rings. The Hall–Kier alpha value is -2.25. The molecule has 0 amide bonds. The van der Waals surface area contributed by atoms with E-state index in [1.807, 2.05) is 18.9 Å². The first-order valence-corrected chi connectivity index (χ1v) is 5.24. The van der Waals surface area contributed by atoms with Crippen LogP contribution < -0.4 is 10.2 Å². The number of nitrogens with one attached hydrogen (secondary N) is 1. The van der Waals surface area contributed by atoms with Gasteiger partial charge in [-0.1, -0.05) is 0 Å². The summed E-state index contributed by atoms with van der Waals surface area (Å²) < 4.78 is 1.50. The second-order valence-corrected chi connectivity index (χ2v) is 3.36. The van der Waals surface area contributed by atoms with Gasteiger partial charge in [-0.15, -0.1) is 0 Å². The third kappa shape index (κ3) is 2.30. The van der Waals surface area contributed by atoms with Crippen molar-refractivity contribution in [3.63, 3.8) is 0 Å². The largest absolute Gasteiger partial charge is 0.357 e. The van der Waals surface area contributed by atoms with Crippen LogP contribution in [0.15, 0.2) is 12.7 Å². The number of rotatable bonds is 4. The average Bonchev–Trinajstić information content (AvgIpc) is 2.91. The quantitative estimate of drug-likeness (QED) is 0.793. The molecule has 1 N–H and O–H groups in total. The van der Waals surface area contributed by atoms with Gasteiger partial charge in [-0.3, -0.25) is 0 Å². The van der Waals surface area contributed by atoms with Crippen molar-refractivity contribution in [2.45, 2.75) is 6.92 Å². The van der Waals surface area contributed by atoms with E-state index in [1.165, 1.54) is 11.0 Å². The summed E-state index contributed by atoms with van der Waals surface area (Å²) in [6.07, 6.45) is 2.98. The van der Waals surface area contributed by atoms with Crippen molar-refractivity contribution in [2.75, 3.05) is 30.9 Å². The Labute approximate surface area is 98.7 Å². The highest BCUT2D eigenvalue weighted by atomic mass is 15.4. The van der Waals surface area contributed by atoms with Gasteiger partial charge < -0.3 is 10.2 Å². The fraction of sp³-hybridized carbons (Fsp3) is 0.444. The highest BCUT2D eigenvalue weighted by Crippen LogP contribution is 2.10. The van der Waals surface area contributed by atoms with Crippen molar-refractivity contribution in [3.05, 3.63) is 12.7 Å². The zero-order valence-electron chi connectivity index (χ0n) is 9.99. The van der Waals surface area contributed by atoms with E-state index in [4.69, 9.17) is 0 Å². The molecule has 2 aromatic heterocycles. The highest BCUT2D eigenvalue weighted by Gasteiger charge is 2.10. The van der Waals surface area contributed by atoms with Gasteiger partial charge in [-0.25, -0.2) is 4.98 Å². The molecule has 2 aromatic rings. The first-order chi connectivity index (χ1) is 8.24. The number of nitrogens with zero attached hydrogens (tertiary/aromatic N) is 7. The molecule has 0 saturated heterocycles. The van der Waals surface area contributed by atoms with E-state index in [0.29, 0.717) is 17.8 Å². The maximum atomic E-state index is 4.32. The zero-order chi connectivity index (χ0) is 12.3. The SMILES string of the molecule is CCN(C)c1nc(NC)nc(-n2cncn2)n1. The van der Waals surface area contributed by atoms with Gasteiger partial charge in [-0.2, -0.15) is 24.7 Å². The lowest BCUT2D eigenvalue weighted by Crippen LogP contribution is -2.21. The minimum absolute atomic E-state index is 0.442. The minimum atomic E-state index is 0.442. The zero-order valence-corrected chi connectivity index (χ0v) is 9.99. The molecule has 0 aliphatic heterocycles. The van der Waals surface area contributed by atoms with Crippen molar-refractivity contribution < 1.29 is 0 Å². The smallest absolute Gasteiger partial charge is 0.258 e. The lowest BCUT2D eigenvalue weighted by molar-refractivity contribution is 0.780. The van der Waals surface area contributed by atoms with Crippen LogP contribution in [0.1, 0.15) is 6.92 Å². The molecule has 17 heavy (non-hydrogen) atoms. The lowest BCUT2D eigenvalue weighted by Gasteiger charge is -2.15. The van der Waals surface area contributed by atoms with Crippen LogP contribution in [0.5, 0.6) is 0 Å². The Balaban J connectivity index is 2.46. The predicted molar refractivity (Wildman–Crippen MR) is 63.2 cm³/mol. The molecule has 0 atom stereocenters. The molecule has 90 valence electrons.